The fraction of sp³-hybridized carbons (Fsp3) is 0.600. The molecule has 1 saturated carbocycles. The van der Waals surface area contributed by atoms with Gasteiger partial charge in [-0.25, -0.2) is 0 Å². The molecule has 2 heteroatoms. The summed E-state index contributed by atoms with van der Waals surface area (Å²) in [6.07, 6.45) is 6.33. The van der Waals surface area contributed by atoms with Gasteiger partial charge in [0.15, 0.2) is 0 Å². The molecule has 0 spiro atoms. The molecule has 1 fully saturated rings. The van der Waals surface area contributed by atoms with Crippen molar-refractivity contribution in [2.24, 2.45) is 5.92 Å². The standard InChI is InChI=1S/C15H21BrO/c1-2-12-6-8-15(17,9-7-12)11-13-4-3-5-14(16)10-13/h3-5,10,12,17H,2,6-9,11H2,1H3. The second kappa shape index (κ2) is 5.53. The van der Waals surface area contributed by atoms with E-state index in [4.69, 9.17) is 0 Å². The maximum Gasteiger partial charge on any atom is 0.0688 e. The Bertz CT molecular complexity index is 367. The van der Waals surface area contributed by atoms with Crippen LogP contribution in [0.4, 0.5) is 0 Å². The van der Waals surface area contributed by atoms with Crippen LogP contribution in [0.5, 0.6) is 0 Å². The molecule has 17 heavy (non-hydrogen) atoms. The first-order valence-corrected chi connectivity index (χ1v) is 7.37. The Morgan fingerprint density at radius 3 is 2.65 bits per heavy atom. The summed E-state index contributed by atoms with van der Waals surface area (Å²) in [4.78, 5) is 0. The van der Waals surface area contributed by atoms with Crippen LogP contribution < -0.4 is 0 Å². The van der Waals surface area contributed by atoms with Gasteiger partial charge in [0.05, 0.1) is 5.60 Å². The van der Waals surface area contributed by atoms with Crippen LogP contribution in [0, 0.1) is 5.92 Å². The molecule has 94 valence electrons. The minimum Gasteiger partial charge on any atom is -0.390 e. The third-order valence-electron chi connectivity index (χ3n) is 4.04. The average molecular weight is 297 g/mol. The first-order valence-electron chi connectivity index (χ1n) is 6.58. The highest BCUT2D eigenvalue weighted by Crippen LogP contribution is 2.36. The minimum absolute atomic E-state index is 0.466. The average Bonchev–Trinajstić information content (AvgIpc) is 2.29. The lowest BCUT2D eigenvalue weighted by atomic mass is 9.75. The molecule has 0 aromatic heterocycles. The van der Waals surface area contributed by atoms with E-state index in [-0.39, 0.29) is 0 Å². The fourth-order valence-electron chi connectivity index (χ4n) is 2.83. The molecule has 1 aromatic rings. The lowest BCUT2D eigenvalue weighted by Crippen LogP contribution is -2.36. The monoisotopic (exact) mass is 296 g/mol. The fourth-order valence-corrected chi connectivity index (χ4v) is 3.27. The summed E-state index contributed by atoms with van der Waals surface area (Å²) in [6.45, 7) is 2.25. The molecule has 0 saturated heterocycles. The van der Waals surface area contributed by atoms with Crippen LogP contribution in [0.15, 0.2) is 28.7 Å². The number of aliphatic hydroxyl groups is 1. The normalized spacial score (nSPS) is 29.2. The number of benzene rings is 1. The quantitative estimate of drug-likeness (QED) is 0.880. The lowest BCUT2D eigenvalue weighted by molar-refractivity contribution is -0.00922. The van der Waals surface area contributed by atoms with E-state index in [1.54, 1.807) is 0 Å². The van der Waals surface area contributed by atoms with Crippen LogP contribution in [0.2, 0.25) is 0 Å². The Hall–Kier alpha value is -0.340. The van der Waals surface area contributed by atoms with Gasteiger partial charge in [-0.2, -0.15) is 0 Å². The van der Waals surface area contributed by atoms with Crippen molar-refractivity contribution >= 4 is 15.9 Å². The van der Waals surface area contributed by atoms with Crippen LogP contribution in [-0.2, 0) is 6.42 Å². The van der Waals surface area contributed by atoms with Gasteiger partial charge in [-0.1, -0.05) is 41.4 Å². The van der Waals surface area contributed by atoms with Crippen LogP contribution >= 0.6 is 15.9 Å². The van der Waals surface area contributed by atoms with Gasteiger partial charge in [0.1, 0.15) is 0 Å². The molecule has 0 amide bonds. The van der Waals surface area contributed by atoms with E-state index >= 15 is 0 Å². The van der Waals surface area contributed by atoms with Crippen molar-refractivity contribution < 1.29 is 5.11 Å². The van der Waals surface area contributed by atoms with E-state index in [1.165, 1.54) is 24.8 Å². The van der Waals surface area contributed by atoms with Crippen molar-refractivity contribution in [3.8, 4) is 0 Å². The van der Waals surface area contributed by atoms with Gasteiger partial charge in [0.25, 0.3) is 0 Å². The Labute approximate surface area is 112 Å². The molecular weight excluding hydrogens is 276 g/mol. The predicted molar refractivity (Wildman–Crippen MR) is 75.0 cm³/mol. The van der Waals surface area contributed by atoms with Crippen molar-refractivity contribution in [1.29, 1.82) is 0 Å². The van der Waals surface area contributed by atoms with Gasteiger partial charge < -0.3 is 5.11 Å². The first-order chi connectivity index (χ1) is 8.11. The van der Waals surface area contributed by atoms with E-state index in [9.17, 15) is 5.11 Å². The smallest absolute Gasteiger partial charge is 0.0688 e. The second-order valence-electron chi connectivity index (χ2n) is 5.38. The van der Waals surface area contributed by atoms with Crippen molar-refractivity contribution in [2.45, 2.75) is 51.0 Å². The maximum atomic E-state index is 10.6. The summed E-state index contributed by atoms with van der Waals surface area (Å²) in [5.41, 5.74) is 0.767. The highest BCUT2D eigenvalue weighted by molar-refractivity contribution is 9.10. The molecule has 0 aliphatic heterocycles. The molecule has 0 atom stereocenters. The van der Waals surface area contributed by atoms with E-state index < -0.39 is 5.60 Å². The predicted octanol–water partition coefficient (Wildman–Crippen LogP) is 4.32. The van der Waals surface area contributed by atoms with Crippen LogP contribution in [-0.4, -0.2) is 10.7 Å². The van der Waals surface area contributed by atoms with Crippen molar-refractivity contribution in [3.05, 3.63) is 34.3 Å². The summed E-state index contributed by atoms with van der Waals surface area (Å²) in [5.74, 6) is 0.831. The molecule has 1 nitrogen and oxygen atoms in total. The van der Waals surface area contributed by atoms with Crippen LogP contribution in [0.3, 0.4) is 0 Å². The SMILES string of the molecule is CCC1CCC(O)(Cc2cccc(Br)c2)CC1. The van der Waals surface area contributed by atoms with Gasteiger partial charge in [-0.3, -0.25) is 0 Å². The number of hydrogen-bond acceptors (Lipinski definition) is 1. The molecule has 1 aromatic carbocycles. The zero-order valence-corrected chi connectivity index (χ0v) is 12.0. The molecule has 0 bridgehead atoms. The van der Waals surface area contributed by atoms with E-state index in [0.717, 1.165) is 29.7 Å². The summed E-state index contributed by atoms with van der Waals surface area (Å²) in [7, 11) is 0. The third kappa shape index (κ3) is 3.56. The number of rotatable bonds is 3. The van der Waals surface area contributed by atoms with Gasteiger partial charge >= 0.3 is 0 Å². The van der Waals surface area contributed by atoms with Crippen LogP contribution in [0.25, 0.3) is 0 Å². The molecule has 1 aliphatic carbocycles. The highest BCUT2D eigenvalue weighted by atomic mass is 79.9. The first kappa shape index (κ1) is 13.1. The Morgan fingerprint density at radius 1 is 1.35 bits per heavy atom. The molecule has 2 rings (SSSR count). The summed E-state index contributed by atoms with van der Waals surface area (Å²) in [6, 6.07) is 8.29. The molecule has 1 aliphatic rings. The van der Waals surface area contributed by atoms with E-state index in [2.05, 4.69) is 35.0 Å². The Morgan fingerprint density at radius 2 is 2.06 bits per heavy atom. The summed E-state index contributed by atoms with van der Waals surface area (Å²) >= 11 is 3.48. The second-order valence-corrected chi connectivity index (χ2v) is 6.30. The summed E-state index contributed by atoms with van der Waals surface area (Å²) in [5, 5.41) is 10.6. The van der Waals surface area contributed by atoms with Gasteiger partial charge in [-0.05, 0) is 49.3 Å². The molecule has 0 unspecified atom stereocenters. The Balaban J connectivity index is 1.99. The van der Waals surface area contributed by atoms with Crippen molar-refractivity contribution in [3.63, 3.8) is 0 Å². The van der Waals surface area contributed by atoms with Crippen LogP contribution in [0.1, 0.15) is 44.6 Å². The molecule has 1 N–H and O–H groups in total. The van der Waals surface area contributed by atoms with E-state index in [1.807, 2.05) is 12.1 Å². The Kier molecular flexibility index (Phi) is 4.26. The van der Waals surface area contributed by atoms with Gasteiger partial charge in [-0.15, -0.1) is 0 Å². The maximum absolute atomic E-state index is 10.6. The number of hydrogen-bond donors (Lipinski definition) is 1. The molecule has 0 heterocycles. The van der Waals surface area contributed by atoms with Gasteiger partial charge in [0, 0.05) is 10.9 Å². The largest absolute Gasteiger partial charge is 0.390 e. The zero-order valence-electron chi connectivity index (χ0n) is 10.5. The van der Waals surface area contributed by atoms with E-state index in [0.29, 0.717) is 0 Å². The summed E-state index contributed by atoms with van der Waals surface area (Å²) < 4.78 is 1.10. The topological polar surface area (TPSA) is 20.2 Å². The third-order valence-corrected chi connectivity index (χ3v) is 4.53. The lowest BCUT2D eigenvalue weighted by Gasteiger charge is -2.36. The van der Waals surface area contributed by atoms with Crippen molar-refractivity contribution in [2.75, 3.05) is 0 Å². The molecule has 0 radical (unpaired) electrons. The minimum atomic E-state index is -0.466. The van der Waals surface area contributed by atoms with Gasteiger partial charge in [0.2, 0.25) is 0 Å². The van der Waals surface area contributed by atoms with Crippen molar-refractivity contribution in [1.82, 2.24) is 0 Å². The zero-order chi connectivity index (χ0) is 12.3. The molecular formula is C15H21BrO. The number of halogens is 1. The highest BCUT2D eigenvalue weighted by Gasteiger charge is 2.32.